The highest BCUT2D eigenvalue weighted by atomic mass is 16.5. The fourth-order valence-corrected chi connectivity index (χ4v) is 1.91. The SMILES string of the molecule is N#Cc1nnc2ccccc2c1NCCc1ncno1. The minimum atomic E-state index is 0.272. The average Bonchev–Trinajstić information content (AvgIpc) is 3.00. The molecule has 0 saturated heterocycles. The van der Waals surface area contributed by atoms with Gasteiger partial charge >= 0.3 is 0 Å². The van der Waals surface area contributed by atoms with E-state index in [0.717, 1.165) is 10.9 Å². The van der Waals surface area contributed by atoms with Crippen molar-refractivity contribution in [2.24, 2.45) is 0 Å². The minimum absolute atomic E-state index is 0.272. The van der Waals surface area contributed by atoms with Crippen LogP contribution >= 0.6 is 0 Å². The second-order valence-corrected chi connectivity index (χ2v) is 4.06. The van der Waals surface area contributed by atoms with E-state index in [4.69, 9.17) is 9.78 Å². The van der Waals surface area contributed by atoms with Gasteiger partial charge in [0.2, 0.25) is 5.89 Å². The van der Waals surface area contributed by atoms with Crippen molar-refractivity contribution in [3.63, 3.8) is 0 Å². The maximum absolute atomic E-state index is 9.13. The molecule has 0 radical (unpaired) electrons. The van der Waals surface area contributed by atoms with Gasteiger partial charge in [0.25, 0.3) is 0 Å². The summed E-state index contributed by atoms with van der Waals surface area (Å²) in [4.78, 5) is 3.94. The van der Waals surface area contributed by atoms with Gasteiger partial charge < -0.3 is 9.84 Å². The van der Waals surface area contributed by atoms with Gasteiger partial charge in [0.05, 0.1) is 11.2 Å². The lowest BCUT2D eigenvalue weighted by atomic mass is 10.1. The van der Waals surface area contributed by atoms with Crippen molar-refractivity contribution >= 4 is 16.6 Å². The molecule has 1 aromatic carbocycles. The normalized spacial score (nSPS) is 10.3. The summed E-state index contributed by atoms with van der Waals surface area (Å²) >= 11 is 0. The van der Waals surface area contributed by atoms with Gasteiger partial charge in [-0.05, 0) is 6.07 Å². The average molecular weight is 266 g/mol. The Bertz CT molecular complexity index is 762. The lowest BCUT2D eigenvalue weighted by Crippen LogP contribution is -2.08. The van der Waals surface area contributed by atoms with Crippen LogP contribution in [0.25, 0.3) is 10.9 Å². The zero-order chi connectivity index (χ0) is 13.8. The van der Waals surface area contributed by atoms with Crippen molar-refractivity contribution in [1.29, 1.82) is 5.26 Å². The van der Waals surface area contributed by atoms with Gasteiger partial charge in [-0.25, -0.2) is 0 Å². The van der Waals surface area contributed by atoms with Gasteiger partial charge in [-0.1, -0.05) is 23.4 Å². The molecule has 0 atom stereocenters. The van der Waals surface area contributed by atoms with Crippen LogP contribution in [0.15, 0.2) is 35.1 Å². The van der Waals surface area contributed by atoms with E-state index >= 15 is 0 Å². The first-order valence-corrected chi connectivity index (χ1v) is 6.03. The van der Waals surface area contributed by atoms with Crippen molar-refractivity contribution < 1.29 is 4.52 Å². The lowest BCUT2D eigenvalue weighted by Gasteiger charge is -2.09. The topological polar surface area (TPSA) is 101 Å². The van der Waals surface area contributed by atoms with Crippen LogP contribution in [0.5, 0.6) is 0 Å². The van der Waals surface area contributed by atoms with Gasteiger partial charge in [-0.3, -0.25) is 0 Å². The number of fused-ring (bicyclic) bond motifs is 1. The standard InChI is InChI=1S/C13H10N6O/c14-7-11-13(15-6-5-12-16-8-17-20-12)9-3-1-2-4-10(9)18-19-11/h1-4,8H,5-6H2,(H,15,18). The van der Waals surface area contributed by atoms with Crippen LogP contribution in [0.4, 0.5) is 5.69 Å². The van der Waals surface area contributed by atoms with E-state index in [9.17, 15) is 0 Å². The molecule has 0 aliphatic rings. The van der Waals surface area contributed by atoms with E-state index in [1.165, 1.54) is 6.33 Å². The van der Waals surface area contributed by atoms with Gasteiger partial charge in [0.1, 0.15) is 6.07 Å². The van der Waals surface area contributed by atoms with Crippen LogP contribution in [0.3, 0.4) is 0 Å². The molecule has 7 heteroatoms. The van der Waals surface area contributed by atoms with Gasteiger partial charge in [0.15, 0.2) is 12.0 Å². The van der Waals surface area contributed by atoms with Crippen LogP contribution in [0.2, 0.25) is 0 Å². The number of hydrogen-bond acceptors (Lipinski definition) is 7. The van der Waals surface area contributed by atoms with Crippen molar-refractivity contribution in [1.82, 2.24) is 20.3 Å². The van der Waals surface area contributed by atoms with Crippen molar-refractivity contribution in [2.75, 3.05) is 11.9 Å². The zero-order valence-electron chi connectivity index (χ0n) is 10.4. The molecule has 2 heterocycles. The molecule has 7 nitrogen and oxygen atoms in total. The summed E-state index contributed by atoms with van der Waals surface area (Å²) < 4.78 is 4.92. The second-order valence-electron chi connectivity index (χ2n) is 4.06. The van der Waals surface area contributed by atoms with Gasteiger partial charge in [0, 0.05) is 18.4 Å². The highest BCUT2D eigenvalue weighted by molar-refractivity contribution is 5.92. The maximum atomic E-state index is 9.13. The van der Waals surface area contributed by atoms with Crippen LogP contribution in [0.1, 0.15) is 11.6 Å². The Labute approximate surface area is 114 Å². The largest absolute Gasteiger partial charge is 0.382 e. The Hall–Kier alpha value is -3.01. The van der Waals surface area contributed by atoms with Crippen molar-refractivity contribution in [3.8, 4) is 6.07 Å². The highest BCUT2D eigenvalue weighted by Gasteiger charge is 2.10. The number of aromatic nitrogens is 4. The smallest absolute Gasteiger partial charge is 0.228 e. The van der Waals surface area contributed by atoms with Gasteiger partial charge in [-0.2, -0.15) is 10.2 Å². The third kappa shape index (κ3) is 2.27. The molecular formula is C13H10N6O. The molecule has 98 valence electrons. The molecular weight excluding hydrogens is 256 g/mol. The number of hydrogen-bond donors (Lipinski definition) is 1. The highest BCUT2D eigenvalue weighted by Crippen LogP contribution is 2.23. The quantitative estimate of drug-likeness (QED) is 0.764. The molecule has 20 heavy (non-hydrogen) atoms. The molecule has 0 unspecified atom stereocenters. The molecule has 1 N–H and O–H groups in total. The molecule has 0 fully saturated rings. The van der Waals surface area contributed by atoms with Crippen molar-refractivity contribution in [2.45, 2.75) is 6.42 Å². The van der Waals surface area contributed by atoms with Crippen LogP contribution < -0.4 is 5.32 Å². The van der Waals surface area contributed by atoms with E-state index in [-0.39, 0.29) is 5.69 Å². The van der Waals surface area contributed by atoms with E-state index < -0.39 is 0 Å². The predicted molar refractivity (Wildman–Crippen MR) is 70.7 cm³/mol. The number of anilines is 1. The number of nitrogens with zero attached hydrogens (tertiary/aromatic N) is 5. The Balaban J connectivity index is 1.87. The fraction of sp³-hybridized carbons (Fsp3) is 0.154. The Morgan fingerprint density at radius 2 is 2.15 bits per heavy atom. The van der Waals surface area contributed by atoms with Gasteiger partial charge in [-0.15, -0.1) is 10.2 Å². The Morgan fingerprint density at radius 1 is 1.25 bits per heavy atom. The molecule has 3 aromatic rings. The van der Waals surface area contributed by atoms with E-state index in [1.807, 2.05) is 30.3 Å². The van der Waals surface area contributed by atoms with E-state index in [1.54, 1.807) is 0 Å². The maximum Gasteiger partial charge on any atom is 0.228 e. The summed E-state index contributed by atoms with van der Waals surface area (Å²) in [6.45, 7) is 0.562. The van der Waals surface area contributed by atoms with Crippen LogP contribution in [-0.2, 0) is 6.42 Å². The molecule has 0 aliphatic heterocycles. The first-order chi connectivity index (χ1) is 9.88. The van der Waals surface area contributed by atoms with Crippen molar-refractivity contribution in [3.05, 3.63) is 42.2 Å². The molecule has 0 spiro atoms. The predicted octanol–water partition coefficient (Wildman–Crippen LogP) is 1.54. The summed E-state index contributed by atoms with van der Waals surface area (Å²) in [7, 11) is 0. The summed E-state index contributed by atoms with van der Waals surface area (Å²) in [6, 6.07) is 9.58. The number of nitrogens with one attached hydrogen (secondary N) is 1. The summed E-state index contributed by atoms with van der Waals surface area (Å²) in [5.74, 6) is 0.544. The summed E-state index contributed by atoms with van der Waals surface area (Å²) in [5, 5.41) is 24.7. The first-order valence-electron chi connectivity index (χ1n) is 6.03. The summed E-state index contributed by atoms with van der Waals surface area (Å²) in [6.07, 6.45) is 1.93. The number of rotatable bonds is 4. The monoisotopic (exact) mass is 266 g/mol. The van der Waals surface area contributed by atoms with Crippen LogP contribution in [0, 0.1) is 11.3 Å². The molecule has 2 aromatic heterocycles. The lowest BCUT2D eigenvalue weighted by molar-refractivity contribution is 0.380. The molecule has 0 saturated carbocycles. The number of nitriles is 1. The first kappa shape index (κ1) is 12.0. The molecule has 0 amide bonds. The number of benzene rings is 1. The molecule has 0 aliphatic carbocycles. The fourth-order valence-electron chi connectivity index (χ4n) is 1.91. The molecule has 0 bridgehead atoms. The Morgan fingerprint density at radius 3 is 2.95 bits per heavy atom. The van der Waals surface area contributed by atoms with E-state index in [0.29, 0.717) is 24.5 Å². The van der Waals surface area contributed by atoms with E-state index in [2.05, 4.69) is 25.7 Å². The Kier molecular flexibility index (Phi) is 3.20. The summed E-state index contributed by atoms with van der Waals surface area (Å²) in [5.41, 5.74) is 1.69. The molecule has 3 rings (SSSR count). The minimum Gasteiger partial charge on any atom is -0.382 e. The third-order valence-electron chi connectivity index (χ3n) is 2.82. The van der Waals surface area contributed by atoms with Crippen LogP contribution in [-0.4, -0.2) is 26.9 Å². The third-order valence-corrected chi connectivity index (χ3v) is 2.82. The second kappa shape index (κ2) is 5.32. The zero-order valence-corrected chi connectivity index (χ0v) is 10.4.